The van der Waals surface area contributed by atoms with Gasteiger partial charge in [0, 0.05) is 12.7 Å². The lowest BCUT2D eigenvalue weighted by Gasteiger charge is -2.04. The third kappa shape index (κ3) is 2.41. The molecule has 0 fully saturated rings. The maximum absolute atomic E-state index is 3.41. The predicted octanol–water partition coefficient (Wildman–Crippen LogP) is 2.05. The van der Waals surface area contributed by atoms with Gasteiger partial charge in [-0.25, -0.2) is 0 Å². The van der Waals surface area contributed by atoms with Gasteiger partial charge in [0.05, 0.1) is 0 Å². The number of hydrogen-bond donors (Lipinski definition) is 1. The molecule has 0 aliphatic carbocycles. The summed E-state index contributed by atoms with van der Waals surface area (Å²) in [5.74, 6) is 0. The molecule has 0 aliphatic rings. The molecule has 0 radical (unpaired) electrons. The van der Waals surface area contributed by atoms with E-state index < -0.39 is 0 Å². The molecule has 0 aromatic heterocycles. The quantitative estimate of drug-likeness (QED) is 0.758. The molecular formula is C9H11BBrN. The lowest BCUT2D eigenvalue weighted by molar-refractivity contribution is 1.49. The fourth-order valence-electron chi connectivity index (χ4n) is 1.06. The first kappa shape index (κ1) is 9.39. The summed E-state index contributed by atoms with van der Waals surface area (Å²) in [6, 6.07) is 8.19. The van der Waals surface area contributed by atoms with E-state index in [4.69, 9.17) is 0 Å². The standard InChI is InChI=1S/C9H11BBrN/c1-12-8-5-3-2-4-7(8)6-9(10)11/h2-6,12H,10H2,1H3/b9-6+. The van der Waals surface area contributed by atoms with Crippen molar-refractivity contribution in [2.45, 2.75) is 0 Å². The average molecular weight is 224 g/mol. The molecule has 0 spiro atoms. The summed E-state index contributed by atoms with van der Waals surface area (Å²) in [6.07, 6.45) is 2.09. The molecular weight excluding hydrogens is 213 g/mol. The van der Waals surface area contributed by atoms with Gasteiger partial charge in [-0.1, -0.05) is 40.2 Å². The topological polar surface area (TPSA) is 12.0 Å². The third-order valence-corrected chi connectivity index (χ3v) is 1.81. The lowest BCUT2D eigenvalue weighted by Crippen LogP contribution is -1.90. The molecule has 0 atom stereocenters. The van der Waals surface area contributed by atoms with Crippen LogP contribution in [-0.4, -0.2) is 14.9 Å². The largest absolute Gasteiger partial charge is 0.388 e. The number of hydrogen-bond acceptors (Lipinski definition) is 1. The van der Waals surface area contributed by atoms with E-state index in [1.165, 1.54) is 5.56 Å². The van der Waals surface area contributed by atoms with Gasteiger partial charge < -0.3 is 5.32 Å². The average Bonchev–Trinajstić information content (AvgIpc) is 2.04. The van der Waals surface area contributed by atoms with Gasteiger partial charge in [-0.3, -0.25) is 0 Å². The number of rotatable bonds is 2. The van der Waals surface area contributed by atoms with Crippen molar-refractivity contribution in [1.29, 1.82) is 0 Å². The Labute approximate surface area is 82.4 Å². The summed E-state index contributed by atoms with van der Waals surface area (Å²) in [4.78, 5) is 0. The van der Waals surface area contributed by atoms with Crippen LogP contribution in [0.2, 0.25) is 0 Å². The van der Waals surface area contributed by atoms with Crippen molar-refractivity contribution in [3.8, 4) is 0 Å². The van der Waals surface area contributed by atoms with Crippen LogP contribution in [0.4, 0.5) is 5.69 Å². The van der Waals surface area contributed by atoms with Crippen LogP contribution in [0.1, 0.15) is 5.56 Å². The molecule has 0 unspecified atom stereocenters. The molecule has 62 valence electrons. The molecule has 1 aromatic carbocycles. The first-order valence-corrected chi connectivity index (χ1v) is 4.64. The number of halogens is 1. The Balaban J connectivity index is 3.05. The van der Waals surface area contributed by atoms with Crippen molar-refractivity contribution in [2.24, 2.45) is 0 Å². The van der Waals surface area contributed by atoms with E-state index >= 15 is 0 Å². The van der Waals surface area contributed by atoms with E-state index in [1.807, 2.05) is 27.0 Å². The predicted molar refractivity (Wildman–Crippen MR) is 61.4 cm³/mol. The minimum Gasteiger partial charge on any atom is -0.388 e. The number of nitrogens with one attached hydrogen (secondary N) is 1. The molecule has 0 saturated carbocycles. The van der Waals surface area contributed by atoms with Gasteiger partial charge in [0.25, 0.3) is 0 Å². The zero-order valence-electron chi connectivity index (χ0n) is 7.26. The Bertz CT molecular complexity index is 292. The van der Waals surface area contributed by atoms with Crippen LogP contribution in [0.15, 0.2) is 28.6 Å². The van der Waals surface area contributed by atoms with Crippen LogP contribution in [0.25, 0.3) is 6.08 Å². The minimum atomic E-state index is 1.13. The van der Waals surface area contributed by atoms with Crippen molar-refractivity contribution in [1.82, 2.24) is 0 Å². The zero-order valence-corrected chi connectivity index (χ0v) is 8.85. The maximum Gasteiger partial charge on any atom is 0.148 e. The highest BCUT2D eigenvalue weighted by Crippen LogP contribution is 2.18. The first-order valence-electron chi connectivity index (χ1n) is 3.84. The van der Waals surface area contributed by atoms with Crippen LogP contribution in [0.3, 0.4) is 0 Å². The fourth-order valence-corrected chi connectivity index (χ4v) is 1.31. The molecule has 1 rings (SSSR count). The Morgan fingerprint density at radius 2 is 2.17 bits per heavy atom. The summed E-state index contributed by atoms with van der Waals surface area (Å²) < 4.78 is 1.13. The lowest BCUT2D eigenvalue weighted by atomic mass is 10.1. The zero-order chi connectivity index (χ0) is 8.97. The van der Waals surface area contributed by atoms with Crippen molar-refractivity contribution in [3.63, 3.8) is 0 Å². The van der Waals surface area contributed by atoms with Crippen molar-refractivity contribution < 1.29 is 0 Å². The molecule has 1 nitrogen and oxygen atoms in total. The van der Waals surface area contributed by atoms with Crippen LogP contribution in [0, 0.1) is 0 Å². The molecule has 0 saturated heterocycles. The number of anilines is 1. The van der Waals surface area contributed by atoms with E-state index in [-0.39, 0.29) is 0 Å². The Morgan fingerprint density at radius 3 is 2.75 bits per heavy atom. The summed E-state index contributed by atoms with van der Waals surface area (Å²) >= 11 is 3.41. The van der Waals surface area contributed by atoms with E-state index in [9.17, 15) is 0 Å². The highest BCUT2D eigenvalue weighted by atomic mass is 79.9. The van der Waals surface area contributed by atoms with Gasteiger partial charge in [0.15, 0.2) is 0 Å². The molecule has 0 aliphatic heterocycles. The van der Waals surface area contributed by atoms with Crippen molar-refractivity contribution in [3.05, 3.63) is 34.2 Å². The number of para-hydroxylation sites is 1. The van der Waals surface area contributed by atoms with Gasteiger partial charge in [0.1, 0.15) is 7.85 Å². The SMILES string of the molecule is B/C(Br)=C\c1ccccc1NC. The van der Waals surface area contributed by atoms with E-state index in [0.29, 0.717) is 0 Å². The van der Waals surface area contributed by atoms with E-state index in [1.54, 1.807) is 0 Å². The van der Waals surface area contributed by atoms with Gasteiger partial charge >= 0.3 is 0 Å². The second-order valence-electron chi connectivity index (χ2n) is 2.57. The van der Waals surface area contributed by atoms with Gasteiger partial charge in [-0.05, 0) is 16.0 Å². The van der Waals surface area contributed by atoms with Gasteiger partial charge in [-0.15, -0.1) is 0 Å². The second-order valence-corrected chi connectivity index (χ2v) is 3.82. The maximum atomic E-state index is 3.41. The summed E-state index contributed by atoms with van der Waals surface area (Å²) in [5.41, 5.74) is 2.35. The van der Waals surface area contributed by atoms with Crippen LogP contribution in [-0.2, 0) is 0 Å². The molecule has 12 heavy (non-hydrogen) atoms. The van der Waals surface area contributed by atoms with Crippen LogP contribution in [0.5, 0.6) is 0 Å². The Kier molecular flexibility index (Phi) is 3.41. The minimum absolute atomic E-state index is 1.13. The van der Waals surface area contributed by atoms with Gasteiger partial charge in [-0.2, -0.15) is 0 Å². The Morgan fingerprint density at radius 1 is 1.50 bits per heavy atom. The third-order valence-electron chi connectivity index (χ3n) is 1.58. The van der Waals surface area contributed by atoms with Gasteiger partial charge in [0.2, 0.25) is 0 Å². The second kappa shape index (κ2) is 4.36. The summed E-state index contributed by atoms with van der Waals surface area (Å²) in [5, 5.41) is 3.14. The normalized spacial score (nSPS) is 11.3. The monoisotopic (exact) mass is 223 g/mol. The molecule has 1 N–H and O–H groups in total. The summed E-state index contributed by atoms with van der Waals surface area (Å²) in [7, 11) is 3.95. The molecule has 0 amide bonds. The molecule has 0 heterocycles. The molecule has 0 bridgehead atoms. The van der Waals surface area contributed by atoms with Crippen molar-refractivity contribution in [2.75, 3.05) is 12.4 Å². The van der Waals surface area contributed by atoms with Crippen molar-refractivity contribution >= 4 is 35.5 Å². The highest BCUT2D eigenvalue weighted by molar-refractivity contribution is 9.12. The van der Waals surface area contributed by atoms with E-state index in [2.05, 4.69) is 39.5 Å². The fraction of sp³-hybridized carbons (Fsp3) is 0.111. The van der Waals surface area contributed by atoms with Crippen LogP contribution < -0.4 is 5.32 Å². The highest BCUT2D eigenvalue weighted by Gasteiger charge is 1.94. The first-order chi connectivity index (χ1) is 5.74. The molecule has 3 heteroatoms. The smallest absolute Gasteiger partial charge is 0.148 e. The van der Waals surface area contributed by atoms with E-state index in [0.717, 1.165) is 10.1 Å². The number of benzene rings is 1. The van der Waals surface area contributed by atoms with Crippen LogP contribution >= 0.6 is 15.9 Å². The summed E-state index contributed by atoms with van der Waals surface area (Å²) in [6.45, 7) is 0. The molecule has 1 aromatic rings. The Hall–Kier alpha value is -0.695.